The van der Waals surface area contributed by atoms with Crippen LogP contribution < -0.4 is 11.3 Å². The summed E-state index contributed by atoms with van der Waals surface area (Å²) >= 11 is 13.7. The van der Waals surface area contributed by atoms with Gasteiger partial charge < -0.3 is 0 Å². The lowest BCUT2D eigenvalue weighted by molar-refractivity contribution is 0.645. The van der Waals surface area contributed by atoms with Gasteiger partial charge >= 0.3 is 0 Å². The predicted octanol–water partition coefficient (Wildman–Crippen LogP) is 3.31. The van der Waals surface area contributed by atoms with Crippen LogP contribution in [-0.4, -0.2) is 4.98 Å². The van der Waals surface area contributed by atoms with E-state index in [1.807, 2.05) is 19.1 Å². The molecule has 3 N–H and O–H groups in total. The van der Waals surface area contributed by atoms with Crippen molar-refractivity contribution < 1.29 is 0 Å². The number of thiazole rings is 1. The van der Waals surface area contributed by atoms with Crippen molar-refractivity contribution in [2.75, 3.05) is 0 Å². The normalized spacial score (nSPS) is 12.7. The summed E-state index contributed by atoms with van der Waals surface area (Å²) in [6.45, 7) is 1.95. The number of benzene rings is 1. The lowest BCUT2D eigenvalue weighted by atomic mass is 10.1. The first-order valence-corrected chi connectivity index (χ1v) is 6.53. The van der Waals surface area contributed by atoms with Crippen molar-refractivity contribution in [3.8, 4) is 0 Å². The maximum absolute atomic E-state index is 6.18. The molecule has 0 bridgehead atoms. The van der Waals surface area contributed by atoms with Gasteiger partial charge in [0, 0.05) is 11.1 Å². The summed E-state index contributed by atoms with van der Waals surface area (Å²) in [4.78, 5) is 5.22. The Balaban J connectivity index is 2.45. The van der Waals surface area contributed by atoms with Gasteiger partial charge in [-0.05, 0) is 18.6 Å². The summed E-state index contributed by atoms with van der Waals surface area (Å²) in [7, 11) is 0. The first-order valence-electron chi connectivity index (χ1n) is 4.96. The van der Waals surface area contributed by atoms with E-state index < -0.39 is 0 Å². The third-order valence-corrected chi connectivity index (χ3v) is 4.19. The van der Waals surface area contributed by atoms with E-state index in [2.05, 4.69) is 10.4 Å². The zero-order valence-electron chi connectivity index (χ0n) is 9.08. The zero-order valence-corrected chi connectivity index (χ0v) is 11.4. The smallest absolute Gasteiger partial charge is 0.0897 e. The Kier molecular flexibility index (Phi) is 4.01. The molecule has 2 rings (SSSR count). The van der Waals surface area contributed by atoms with E-state index in [9.17, 15) is 0 Å². The predicted molar refractivity (Wildman–Crippen MR) is 72.5 cm³/mol. The minimum atomic E-state index is -0.188. The fraction of sp³-hybridized carbons (Fsp3) is 0.182. The second-order valence-corrected chi connectivity index (χ2v) is 5.58. The summed E-state index contributed by atoms with van der Waals surface area (Å²) < 4.78 is 0. The molecule has 3 nitrogen and oxygen atoms in total. The number of nitrogens with two attached hydrogens (primary N) is 1. The van der Waals surface area contributed by atoms with E-state index in [1.54, 1.807) is 23.6 Å². The van der Waals surface area contributed by atoms with Crippen molar-refractivity contribution in [1.82, 2.24) is 10.4 Å². The van der Waals surface area contributed by atoms with Gasteiger partial charge in [0.25, 0.3) is 0 Å². The minimum absolute atomic E-state index is 0.188. The quantitative estimate of drug-likeness (QED) is 0.673. The summed E-state index contributed by atoms with van der Waals surface area (Å²) in [5, 5.41) is 2.02. The highest BCUT2D eigenvalue weighted by molar-refractivity contribution is 7.11. The van der Waals surface area contributed by atoms with Crippen LogP contribution in [0.1, 0.15) is 21.5 Å². The largest absolute Gasteiger partial charge is 0.271 e. The summed E-state index contributed by atoms with van der Waals surface area (Å²) in [6, 6.07) is 5.31. The van der Waals surface area contributed by atoms with Gasteiger partial charge in [-0.25, -0.2) is 10.4 Å². The summed E-state index contributed by atoms with van der Waals surface area (Å²) in [5.41, 5.74) is 3.60. The maximum atomic E-state index is 6.18. The van der Waals surface area contributed by atoms with Crippen LogP contribution in [0.4, 0.5) is 0 Å². The molecule has 0 amide bonds. The van der Waals surface area contributed by atoms with Crippen LogP contribution in [0.5, 0.6) is 0 Å². The van der Waals surface area contributed by atoms with Crippen LogP contribution in [0, 0.1) is 6.92 Å². The summed E-state index contributed by atoms with van der Waals surface area (Å²) in [6.07, 6.45) is 1.79. The molecule has 0 radical (unpaired) electrons. The van der Waals surface area contributed by atoms with Gasteiger partial charge in [0.15, 0.2) is 0 Å². The molecular weight excluding hydrogens is 277 g/mol. The monoisotopic (exact) mass is 287 g/mol. The number of aryl methyl sites for hydroxylation is 1. The SMILES string of the molecule is Cc1ncc(C(NN)c2cccc(Cl)c2Cl)s1. The molecule has 1 heterocycles. The van der Waals surface area contributed by atoms with Crippen LogP contribution in [-0.2, 0) is 0 Å². The van der Waals surface area contributed by atoms with E-state index >= 15 is 0 Å². The lowest BCUT2D eigenvalue weighted by Gasteiger charge is -2.16. The fourth-order valence-corrected chi connectivity index (χ4v) is 2.86. The van der Waals surface area contributed by atoms with Crippen LogP contribution in [0.25, 0.3) is 0 Å². The Labute approximate surface area is 114 Å². The molecule has 90 valence electrons. The molecular formula is C11H11Cl2N3S. The van der Waals surface area contributed by atoms with Gasteiger partial charge in [0.05, 0.1) is 21.1 Å². The number of hydrogen-bond acceptors (Lipinski definition) is 4. The molecule has 17 heavy (non-hydrogen) atoms. The van der Waals surface area contributed by atoms with Crippen molar-refractivity contribution in [2.45, 2.75) is 13.0 Å². The van der Waals surface area contributed by atoms with E-state index in [4.69, 9.17) is 29.0 Å². The molecule has 0 saturated carbocycles. The molecule has 0 aliphatic rings. The molecule has 1 aromatic carbocycles. The van der Waals surface area contributed by atoms with Crippen molar-refractivity contribution >= 4 is 34.5 Å². The number of hydrogen-bond donors (Lipinski definition) is 2. The second-order valence-electron chi connectivity index (χ2n) is 3.52. The second kappa shape index (κ2) is 5.33. The van der Waals surface area contributed by atoms with Crippen LogP contribution in [0.15, 0.2) is 24.4 Å². The number of rotatable bonds is 3. The van der Waals surface area contributed by atoms with Gasteiger partial charge in [0.2, 0.25) is 0 Å². The third-order valence-electron chi connectivity index (χ3n) is 2.38. The molecule has 6 heteroatoms. The highest BCUT2D eigenvalue weighted by Gasteiger charge is 2.18. The van der Waals surface area contributed by atoms with Gasteiger partial charge in [-0.3, -0.25) is 5.84 Å². The number of nitrogens with one attached hydrogen (secondary N) is 1. The van der Waals surface area contributed by atoms with Crippen molar-refractivity contribution in [3.63, 3.8) is 0 Å². The topological polar surface area (TPSA) is 50.9 Å². The average molecular weight is 288 g/mol. The highest BCUT2D eigenvalue weighted by atomic mass is 35.5. The maximum Gasteiger partial charge on any atom is 0.0897 e. The Bertz CT molecular complexity index is 527. The standard InChI is InChI=1S/C11H11Cl2N3S/c1-6-15-5-9(17-6)11(16-14)7-3-2-4-8(12)10(7)13/h2-5,11,16H,14H2,1H3. The third kappa shape index (κ3) is 2.61. The zero-order chi connectivity index (χ0) is 12.4. The minimum Gasteiger partial charge on any atom is -0.271 e. The van der Waals surface area contributed by atoms with Gasteiger partial charge in [-0.2, -0.15) is 0 Å². The first kappa shape index (κ1) is 12.8. The Morgan fingerprint density at radius 1 is 1.41 bits per heavy atom. The molecule has 2 aromatic rings. The Morgan fingerprint density at radius 2 is 2.18 bits per heavy atom. The molecule has 1 atom stereocenters. The van der Waals surface area contributed by atoms with E-state index in [0.29, 0.717) is 10.0 Å². The lowest BCUT2D eigenvalue weighted by Crippen LogP contribution is -2.28. The number of nitrogens with zero attached hydrogens (tertiary/aromatic N) is 1. The number of halogens is 2. The van der Waals surface area contributed by atoms with Crippen molar-refractivity contribution in [1.29, 1.82) is 0 Å². The van der Waals surface area contributed by atoms with E-state index in [-0.39, 0.29) is 6.04 Å². The van der Waals surface area contributed by atoms with Gasteiger partial charge in [-0.1, -0.05) is 35.3 Å². The van der Waals surface area contributed by atoms with E-state index in [0.717, 1.165) is 15.4 Å². The van der Waals surface area contributed by atoms with Gasteiger partial charge in [0.1, 0.15) is 0 Å². The van der Waals surface area contributed by atoms with Crippen LogP contribution in [0.3, 0.4) is 0 Å². The Hall–Kier alpha value is -0.650. The van der Waals surface area contributed by atoms with Crippen molar-refractivity contribution in [3.05, 3.63) is 49.9 Å². The fourth-order valence-electron chi connectivity index (χ4n) is 1.58. The van der Waals surface area contributed by atoms with Crippen LogP contribution in [0.2, 0.25) is 10.0 Å². The summed E-state index contributed by atoms with van der Waals surface area (Å²) in [5.74, 6) is 5.59. The average Bonchev–Trinajstić information content (AvgIpc) is 2.72. The molecule has 1 unspecified atom stereocenters. The molecule has 0 saturated heterocycles. The molecule has 0 aliphatic carbocycles. The Morgan fingerprint density at radius 3 is 2.76 bits per heavy atom. The molecule has 0 spiro atoms. The highest BCUT2D eigenvalue weighted by Crippen LogP contribution is 2.34. The molecule has 0 aliphatic heterocycles. The molecule has 0 fully saturated rings. The number of hydrazine groups is 1. The number of aromatic nitrogens is 1. The van der Waals surface area contributed by atoms with Gasteiger partial charge in [-0.15, -0.1) is 11.3 Å². The molecule has 1 aromatic heterocycles. The van der Waals surface area contributed by atoms with E-state index in [1.165, 1.54) is 0 Å². The first-order chi connectivity index (χ1) is 8.13. The van der Waals surface area contributed by atoms with Crippen molar-refractivity contribution in [2.24, 2.45) is 5.84 Å². The van der Waals surface area contributed by atoms with Crippen LogP contribution >= 0.6 is 34.5 Å².